The highest BCUT2D eigenvalue weighted by atomic mass is 16.5. The fourth-order valence-electron chi connectivity index (χ4n) is 5.31. The van der Waals surface area contributed by atoms with Crippen LogP contribution in [0.4, 0.5) is 5.69 Å². The van der Waals surface area contributed by atoms with Gasteiger partial charge in [0.05, 0.1) is 29.4 Å². The Bertz CT molecular complexity index is 1200. The number of aromatic nitrogens is 2. The Morgan fingerprint density at radius 2 is 1.79 bits per heavy atom. The number of rotatable bonds is 6. The zero-order chi connectivity index (χ0) is 23.9. The number of carbonyl (C=O) groups is 1. The molecule has 1 amide bonds. The molecule has 7 nitrogen and oxygen atoms in total. The lowest BCUT2D eigenvalue weighted by atomic mass is 9.72. The van der Waals surface area contributed by atoms with Crippen molar-refractivity contribution < 1.29 is 9.53 Å². The largest absolute Gasteiger partial charge is 0.478 e. The molecule has 178 valence electrons. The van der Waals surface area contributed by atoms with Crippen LogP contribution in [0.15, 0.2) is 42.7 Å². The maximum atomic E-state index is 13.5. The van der Waals surface area contributed by atoms with Crippen LogP contribution in [-0.2, 0) is 10.2 Å². The molecule has 1 spiro atoms. The number of nitrogens with zero attached hydrogens (tertiary/aromatic N) is 5. The molecule has 0 aliphatic carbocycles. The molecule has 0 saturated carbocycles. The number of fused-ring (bicyclic) bond motifs is 4. The summed E-state index contributed by atoms with van der Waals surface area (Å²) in [6.07, 6.45) is 6.37. The minimum Gasteiger partial charge on any atom is -0.478 e. The van der Waals surface area contributed by atoms with E-state index < -0.39 is 5.41 Å². The van der Waals surface area contributed by atoms with E-state index in [4.69, 9.17) is 9.72 Å². The lowest BCUT2D eigenvalue weighted by Crippen LogP contribution is -2.47. The van der Waals surface area contributed by atoms with Gasteiger partial charge in [-0.15, -0.1) is 0 Å². The lowest BCUT2D eigenvalue weighted by Gasteiger charge is -2.37. The van der Waals surface area contributed by atoms with E-state index in [0.29, 0.717) is 12.5 Å². The number of likely N-dealkylation sites (N-methyl/N-ethyl adjacent to an activating group) is 1. The van der Waals surface area contributed by atoms with Gasteiger partial charge >= 0.3 is 0 Å². The van der Waals surface area contributed by atoms with Gasteiger partial charge in [0.25, 0.3) is 0 Å². The minimum absolute atomic E-state index is 0.202. The normalized spacial score (nSPS) is 17.7. The SMILES string of the molecule is CN(C)CCCOc1ccc(-c2ccc3ncc4c(c3c2)C2(CCN(C)CC2)C(=O)N4C)cn1. The van der Waals surface area contributed by atoms with Gasteiger partial charge in [0.2, 0.25) is 11.8 Å². The first kappa shape index (κ1) is 22.7. The maximum Gasteiger partial charge on any atom is 0.237 e. The average Bonchev–Trinajstić information content (AvgIpc) is 3.05. The monoisotopic (exact) mass is 459 g/mol. The Kier molecular flexibility index (Phi) is 6.00. The lowest BCUT2D eigenvalue weighted by molar-refractivity contribution is -0.124. The third-order valence-electron chi connectivity index (χ3n) is 7.31. The molecule has 0 atom stereocenters. The molecular weight excluding hydrogens is 426 g/mol. The van der Waals surface area contributed by atoms with Crippen LogP contribution in [0.25, 0.3) is 22.0 Å². The Labute approximate surface area is 201 Å². The van der Waals surface area contributed by atoms with Crippen molar-refractivity contribution in [1.29, 1.82) is 0 Å². The number of ether oxygens (including phenoxy) is 1. The third kappa shape index (κ3) is 3.93. The van der Waals surface area contributed by atoms with Crippen molar-refractivity contribution in [3.8, 4) is 17.0 Å². The van der Waals surface area contributed by atoms with Gasteiger partial charge in [-0.3, -0.25) is 9.78 Å². The number of hydrogen-bond acceptors (Lipinski definition) is 6. The van der Waals surface area contributed by atoms with E-state index in [2.05, 4.69) is 60.2 Å². The summed E-state index contributed by atoms with van der Waals surface area (Å²) in [5, 5.41) is 1.07. The van der Waals surface area contributed by atoms with Gasteiger partial charge in [-0.1, -0.05) is 6.07 Å². The van der Waals surface area contributed by atoms with Crippen molar-refractivity contribution in [3.63, 3.8) is 0 Å². The van der Waals surface area contributed by atoms with Gasteiger partial charge in [-0.05, 0) is 77.3 Å². The van der Waals surface area contributed by atoms with Crippen molar-refractivity contribution >= 4 is 22.5 Å². The van der Waals surface area contributed by atoms with Crippen LogP contribution >= 0.6 is 0 Å². The van der Waals surface area contributed by atoms with Gasteiger partial charge < -0.3 is 19.4 Å². The third-order valence-corrected chi connectivity index (χ3v) is 7.31. The van der Waals surface area contributed by atoms with Crippen molar-refractivity contribution in [3.05, 3.63) is 48.3 Å². The van der Waals surface area contributed by atoms with Crippen LogP contribution in [0, 0.1) is 0 Å². The molecule has 5 rings (SSSR count). The number of amides is 1. The van der Waals surface area contributed by atoms with Gasteiger partial charge in [0, 0.05) is 42.4 Å². The van der Waals surface area contributed by atoms with Crippen molar-refractivity contribution in [1.82, 2.24) is 19.8 Å². The topological polar surface area (TPSA) is 61.8 Å². The Morgan fingerprint density at radius 1 is 1.03 bits per heavy atom. The van der Waals surface area contributed by atoms with Crippen molar-refractivity contribution in [2.75, 3.05) is 59.3 Å². The van der Waals surface area contributed by atoms with E-state index in [0.717, 1.165) is 72.2 Å². The minimum atomic E-state index is -0.459. The molecule has 0 N–H and O–H groups in total. The number of benzene rings is 1. The molecule has 2 aromatic heterocycles. The van der Waals surface area contributed by atoms with E-state index in [9.17, 15) is 4.79 Å². The van der Waals surface area contributed by atoms with E-state index in [1.54, 1.807) is 0 Å². The van der Waals surface area contributed by atoms with E-state index >= 15 is 0 Å². The fourth-order valence-corrected chi connectivity index (χ4v) is 5.31. The van der Waals surface area contributed by atoms with Crippen LogP contribution in [0.5, 0.6) is 5.88 Å². The second kappa shape index (κ2) is 8.96. The highest BCUT2D eigenvalue weighted by Gasteiger charge is 2.51. The summed E-state index contributed by atoms with van der Waals surface area (Å²) in [6, 6.07) is 10.3. The zero-order valence-electron chi connectivity index (χ0n) is 20.5. The molecule has 0 radical (unpaired) electrons. The van der Waals surface area contributed by atoms with Crippen LogP contribution < -0.4 is 9.64 Å². The first-order chi connectivity index (χ1) is 16.4. The van der Waals surface area contributed by atoms with Crippen LogP contribution in [-0.4, -0.2) is 80.1 Å². The summed E-state index contributed by atoms with van der Waals surface area (Å²) in [5.74, 6) is 0.844. The highest BCUT2D eigenvalue weighted by Crippen LogP contribution is 2.50. The predicted molar refractivity (Wildman–Crippen MR) is 135 cm³/mol. The standard InChI is InChI=1S/C27H33N5O2/c1-30(2)12-5-15-34-24-9-7-20(17-29-24)19-6-8-22-21(16-19)25-23(18-28-22)32(4)26(33)27(25)10-13-31(3)14-11-27/h6-9,16-18H,5,10-15H2,1-4H3. The quantitative estimate of drug-likeness (QED) is 0.525. The molecule has 4 heterocycles. The molecule has 3 aromatic rings. The predicted octanol–water partition coefficient (Wildman–Crippen LogP) is 3.57. The molecule has 34 heavy (non-hydrogen) atoms. The summed E-state index contributed by atoms with van der Waals surface area (Å²) in [5.41, 5.74) is 4.65. The van der Waals surface area contributed by atoms with Gasteiger partial charge in [0.1, 0.15) is 0 Å². The number of anilines is 1. The maximum absolute atomic E-state index is 13.5. The molecule has 2 aliphatic rings. The Hall–Kier alpha value is -3.03. The second-order valence-corrected chi connectivity index (χ2v) is 9.89. The Morgan fingerprint density at radius 3 is 2.50 bits per heavy atom. The summed E-state index contributed by atoms with van der Waals surface area (Å²) >= 11 is 0. The summed E-state index contributed by atoms with van der Waals surface area (Å²) in [4.78, 5) is 29.0. The Balaban J connectivity index is 1.48. The number of hydrogen-bond donors (Lipinski definition) is 0. The van der Waals surface area contributed by atoms with Crippen LogP contribution in [0.2, 0.25) is 0 Å². The van der Waals surface area contributed by atoms with Crippen LogP contribution in [0.1, 0.15) is 24.8 Å². The molecular formula is C27H33N5O2. The smallest absolute Gasteiger partial charge is 0.237 e. The summed E-state index contributed by atoms with van der Waals surface area (Å²) in [7, 11) is 8.13. The van der Waals surface area contributed by atoms with Gasteiger partial charge in [0.15, 0.2) is 0 Å². The molecule has 2 aliphatic heterocycles. The summed E-state index contributed by atoms with van der Waals surface area (Å²) in [6.45, 7) is 3.48. The average molecular weight is 460 g/mol. The number of pyridine rings is 2. The van der Waals surface area contributed by atoms with Crippen molar-refractivity contribution in [2.24, 2.45) is 0 Å². The fraction of sp³-hybridized carbons (Fsp3) is 0.444. The second-order valence-electron chi connectivity index (χ2n) is 9.89. The molecule has 1 saturated heterocycles. The van der Waals surface area contributed by atoms with E-state index in [1.807, 2.05) is 30.4 Å². The van der Waals surface area contributed by atoms with Gasteiger partial charge in [-0.2, -0.15) is 0 Å². The molecule has 1 aromatic carbocycles. The molecule has 0 unspecified atom stereocenters. The number of likely N-dealkylation sites (tertiary alicyclic amines) is 1. The summed E-state index contributed by atoms with van der Waals surface area (Å²) < 4.78 is 5.79. The van der Waals surface area contributed by atoms with Gasteiger partial charge in [-0.25, -0.2) is 4.98 Å². The van der Waals surface area contributed by atoms with Crippen LogP contribution in [0.3, 0.4) is 0 Å². The van der Waals surface area contributed by atoms with Crippen molar-refractivity contribution in [2.45, 2.75) is 24.7 Å². The number of carbonyl (C=O) groups excluding carboxylic acids is 1. The first-order valence-corrected chi connectivity index (χ1v) is 12.0. The zero-order valence-corrected chi connectivity index (χ0v) is 20.5. The molecule has 1 fully saturated rings. The number of piperidine rings is 1. The highest BCUT2D eigenvalue weighted by molar-refractivity contribution is 6.12. The first-order valence-electron chi connectivity index (χ1n) is 12.0. The van der Waals surface area contributed by atoms with E-state index in [-0.39, 0.29) is 5.91 Å². The molecule has 7 heteroatoms. The molecule has 0 bridgehead atoms. The van der Waals surface area contributed by atoms with E-state index in [1.165, 1.54) is 0 Å².